The summed E-state index contributed by atoms with van der Waals surface area (Å²) in [5.74, 6) is 0.621. The van der Waals surface area contributed by atoms with Gasteiger partial charge in [-0.25, -0.2) is 13.8 Å². The standard InChI is InChI=1S/C19H22F2N4O3/c1-13-11-25(6-7-27-13)18-3-2-14(9-23-18)10-24-19(26)16-8-15(4-5-22-16)28-12-17(20)21/h2-5,8-9,13,17H,6-7,10-12H2,1H3,(H,24,26). The van der Waals surface area contributed by atoms with Crippen LogP contribution < -0.4 is 15.0 Å². The van der Waals surface area contributed by atoms with Gasteiger partial charge in [0.05, 0.1) is 12.7 Å². The number of amides is 1. The Kier molecular flexibility index (Phi) is 6.70. The van der Waals surface area contributed by atoms with Crippen molar-refractivity contribution in [2.45, 2.75) is 26.0 Å². The number of hydrogen-bond acceptors (Lipinski definition) is 6. The Labute approximate surface area is 161 Å². The Morgan fingerprint density at radius 3 is 2.96 bits per heavy atom. The number of aromatic nitrogens is 2. The monoisotopic (exact) mass is 392 g/mol. The molecular formula is C19H22F2N4O3. The van der Waals surface area contributed by atoms with E-state index in [1.165, 1.54) is 18.3 Å². The van der Waals surface area contributed by atoms with Gasteiger partial charge in [0.25, 0.3) is 12.3 Å². The van der Waals surface area contributed by atoms with Crippen molar-refractivity contribution in [2.24, 2.45) is 0 Å². The van der Waals surface area contributed by atoms with Crippen LogP contribution in [0.5, 0.6) is 5.75 Å². The first kappa shape index (κ1) is 19.9. The lowest BCUT2D eigenvalue weighted by atomic mass is 10.2. The summed E-state index contributed by atoms with van der Waals surface area (Å²) in [6.45, 7) is 3.83. The Bertz CT molecular complexity index is 789. The second kappa shape index (κ2) is 9.41. The van der Waals surface area contributed by atoms with Gasteiger partial charge in [0.15, 0.2) is 0 Å². The van der Waals surface area contributed by atoms with Crippen LogP contribution in [-0.4, -0.2) is 54.7 Å². The largest absolute Gasteiger partial charge is 0.488 e. The third-order valence-corrected chi connectivity index (χ3v) is 4.17. The third-order valence-electron chi connectivity index (χ3n) is 4.17. The first-order chi connectivity index (χ1) is 13.5. The second-order valence-corrected chi connectivity index (χ2v) is 6.41. The molecule has 1 amide bonds. The van der Waals surface area contributed by atoms with Crippen molar-refractivity contribution in [3.63, 3.8) is 0 Å². The minimum absolute atomic E-state index is 0.0960. The maximum atomic E-state index is 12.2. The molecule has 2 aromatic heterocycles. The highest BCUT2D eigenvalue weighted by Gasteiger charge is 2.17. The minimum atomic E-state index is -2.58. The van der Waals surface area contributed by atoms with Gasteiger partial charge in [-0.05, 0) is 24.6 Å². The SMILES string of the molecule is CC1CN(c2ccc(CNC(=O)c3cc(OCC(F)F)ccn3)cn2)CCO1. The maximum absolute atomic E-state index is 12.2. The number of rotatable bonds is 7. The summed E-state index contributed by atoms with van der Waals surface area (Å²) in [6.07, 6.45) is 0.643. The average Bonchev–Trinajstić information content (AvgIpc) is 2.71. The van der Waals surface area contributed by atoms with Crippen LogP contribution in [0.1, 0.15) is 23.0 Å². The fraction of sp³-hybridized carbons (Fsp3) is 0.421. The first-order valence-corrected chi connectivity index (χ1v) is 8.98. The number of halogens is 2. The number of nitrogens with one attached hydrogen (secondary N) is 1. The van der Waals surface area contributed by atoms with Crippen molar-refractivity contribution in [3.8, 4) is 5.75 Å². The topological polar surface area (TPSA) is 76.6 Å². The van der Waals surface area contributed by atoms with E-state index in [4.69, 9.17) is 9.47 Å². The van der Waals surface area contributed by atoms with E-state index in [1.807, 2.05) is 19.1 Å². The summed E-state index contributed by atoms with van der Waals surface area (Å²) in [5.41, 5.74) is 0.933. The van der Waals surface area contributed by atoms with E-state index in [1.54, 1.807) is 6.20 Å². The van der Waals surface area contributed by atoms with Gasteiger partial charge in [-0.2, -0.15) is 0 Å². The lowest BCUT2D eigenvalue weighted by molar-refractivity contribution is 0.0529. The average molecular weight is 392 g/mol. The first-order valence-electron chi connectivity index (χ1n) is 8.98. The fourth-order valence-corrected chi connectivity index (χ4v) is 2.79. The molecule has 1 aliphatic heterocycles. The van der Waals surface area contributed by atoms with Gasteiger partial charge >= 0.3 is 0 Å². The van der Waals surface area contributed by atoms with E-state index >= 15 is 0 Å². The predicted octanol–water partition coefficient (Wildman–Crippen LogP) is 2.28. The number of pyridine rings is 2. The molecule has 1 saturated heterocycles. The van der Waals surface area contributed by atoms with E-state index in [0.29, 0.717) is 6.61 Å². The zero-order valence-corrected chi connectivity index (χ0v) is 15.5. The molecule has 2 aromatic rings. The van der Waals surface area contributed by atoms with Gasteiger partial charge in [-0.1, -0.05) is 6.07 Å². The van der Waals surface area contributed by atoms with Crippen molar-refractivity contribution in [2.75, 3.05) is 31.2 Å². The molecule has 1 fully saturated rings. The number of anilines is 1. The molecule has 9 heteroatoms. The van der Waals surface area contributed by atoms with E-state index in [2.05, 4.69) is 20.2 Å². The molecule has 150 valence electrons. The second-order valence-electron chi connectivity index (χ2n) is 6.41. The van der Waals surface area contributed by atoms with Crippen molar-refractivity contribution in [1.29, 1.82) is 0 Å². The van der Waals surface area contributed by atoms with Crippen LogP contribution in [0.2, 0.25) is 0 Å². The summed E-state index contributed by atoms with van der Waals surface area (Å²) in [5, 5.41) is 2.73. The molecular weight excluding hydrogens is 370 g/mol. The summed E-state index contributed by atoms with van der Waals surface area (Å²) in [7, 11) is 0. The highest BCUT2D eigenvalue weighted by Crippen LogP contribution is 2.16. The predicted molar refractivity (Wildman–Crippen MR) is 98.8 cm³/mol. The van der Waals surface area contributed by atoms with E-state index in [9.17, 15) is 13.6 Å². The summed E-state index contributed by atoms with van der Waals surface area (Å²) in [4.78, 5) is 22.8. The molecule has 0 saturated carbocycles. The molecule has 7 nitrogen and oxygen atoms in total. The molecule has 1 atom stereocenters. The number of morpholine rings is 1. The van der Waals surface area contributed by atoms with Crippen LogP contribution in [0, 0.1) is 0 Å². The molecule has 1 aliphatic rings. The molecule has 3 rings (SSSR count). The van der Waals surface area contributed by atoms with Crippen LogP contribution in [0.25, 0.3) is 0 Å². The molecule has 0 aliphatic carbocycles. The van der Waals surface area contributed by atoms with Crippen LogP contribution in [0.4, 0.5) is 14.6 Å². The fourth-order valence-electron chi connectivity index (χ4n) is 2.79. The summed E-state index contributed by atoms with van der Waals surface area (Å²) >= 11 is 0. The Morgan fingerprint density at radius 2 is 2.25 bits per heavy atom. The van der Waals surface area contributed by atoms with Crippen LogP contribution in [-0.2, 0) is 11.3 Å². The number of nitrogens with zero attached hydrogens (tertiary/aromatic N) is 3. The lowest BCUT2D eigenvalue weighted by Gasteiger charge is -2.32. The number of alkyl halides is 2. The van der Waals surface area contributed by atoms with Crippen LogP contribution in [0.15, 0.2) is 36.7 Å². The van der Waals surface area contributed by atoms with Crippen molar-refractivity contribution >= 4 is 11.7 Å². The maximum Gasteiger partial charge on any atom is 0.272 e. The summed E-state index contributed by atoms with van der Waals surface area (Å²) in [6, 6.07) is 6.57. The van der Waals surface area contributed by atoms with Gasteiger partial charge < -0.3 is 19.7 Å². The minimum Gasteiger partial charge on any atom is -0.488 e. The Morgan fingerprint density at radius 1 is 1.39 bits per heavy atom. The molecule has 0 radical (unpaired) electrons. The van der Waals surface area contributed by atoms with Gasteiger partial charge in [0.1, 0.15) is 23.9 Å². The molecule has 0 aromatic carbocycles. The van der Waals surface area contributed by atoms with Crippen molar-refractivity contribution in [1.82, 2.24) is 15.3 Å². The number of carbonyl (C=O) groups excluding carboxylic acids is 1. The van der Waals surface area contributed by atoms with Crippen LogP contribution in [0.3, 0.4) is 0 Å². The molecule has 0 spiro atoms. The van der Waals surface area contributed by atoms with E-state index in [0.717, 1.165) is 24.5 Å². The normalized spacial score (nSPS) is 16.9. The van der Waals surface area contributed by atoms with Gasteiger partial charge in [-0.3, -0.25) is 9.78 Å². The van der Waals surface area contributed by atoms with Crippen molar-refractivity contribution in [3.05, 3.63) is 47.9 Å². The molecule has 1 N–H and O–H groups in total. The van der Waals surface area contributed by atoms with Gasteiger partial charge in [0.2, 0.25) is 0 Å². The molecule has 1 unspecified atom stereocenters. The van der Waals surface area contributed by atoms with Gasteiger partial charge in [0, 0.05) is 38.1 Å². The molecule has 28 heavy (non-hydrogen) atoms. The van der Waals surface area contributed by atoms with E-state index < -0.39 is 18.9 Å². The van der Waals surface area contributed by atoms with Crippen LogP contribution >= 0.6 is 0 Å². The van der Waals surface area contributed by atoms with Crippen molar-refractivity contribution < 1.29 is 23.0 Å². The highest BCUT2D eigenvalue weighted by molar-refractivity contribution is 5.92. The zero-order valence-electron chi connectivity index (χ0n) is 15.5. The number of hydrogen-bond donors (Lipinski definition) is 1. The Balaban J connectivity index is 1.53. The Hall–Kier alpha value is -2.81. The highest BCUT2D eigenvalue weighted by atomic mass is 19.3. The van der Waals surface area contributed by atoms with E-state index in [-0.39, 0.29) is 24.1 Å². The molecule has 0 bridgehead atoms. The summed E-state index contributed by atoms with van der Waals surface area (Å²) < 4.78 is 34.9. The number of carbonyl (C=O) groups is 1. The molecule has 3 heterocycles. The van der Waals surface area contributed by atoms with Gasteiger partial charge in [-0.15, -0.1) is 0 Å². The third kappa shape index (κ3) is 5.59. The quantitative estimate of drug-likeness (QED) is 0.779. The zero-order chi connectivity index (χ0) is 19.9. The lowest BCUT2D eigenvalue weighted by Crippen LogP contribution is -2.41. The smallest absolute Gasteiger partial charge is 0.272 e. The number of ether oxygens (including phenoxy) is 2.